The fraction of sp³-hybridized carbons (Fsp3) is 0. The van der Waals surface area contributed by atoms with Crippen LogP contribution in [0.3, 0.4) is 0 Å². The van der Waals surface area contributed by atoms with Gasteiger partial charge >= 0.3 is 7.12 Å². The van der Waals surface area contributed by atoms with Gasteiger partial charge < -0.3 is 28.0 Å². The fourth-order valence-electron chi connectivity index (χ4n) is 10.2. The van der Waals surface area contributed by atoms with Crippen molar-refractivity contribution in [2.75, 3.05) is 0 Å². The molecule has 0 saturated carbocycles. The number of nitrogens with zero attached hydrogens (tertiary/aromatic N) is 2. The summed E-state index contributed by atoms with van der Waals surface area (Å²) in [6.07, 6.45) is 0. The first-order chi connectivity index (χ1) is 33.5. The van der Waals surface area contributed by atoms with E-state index in [0.29, 0.717) is 11.0 Å². The van der Waals surface area contributed by atoms with Gasteiger partial charge in [-0.1, -0.05) is 131 Å². The minimum Gasteiger partial charge on any atom is -0.456 e. The topological polar surface area (TPSA) is 76.6 Å². The van der Waals surface area contributed by atoms with E-state index in [9.17, 15) is 10.0 Å². The lowest BCUT2D eigenvalue weighted by Gasteiger charge is -2.08. The van der Waals surface area contributed by atoms with Crippen LogP contribution >= 0.6 is 15.9 Å². The number of aromatic nitrogens is 2. The Bertz CT molecular complexity index is 4260. The second-order valence-electron chi connectivity index (χ2n) is 17.2. The van der Waals surface area contributed by atoms with Crippen molar-refractivity contribution >= 4 is 116 Å². The molecular weight excluding hydrogens is 903 g/mol. The summed E-state index contributed by atoms with van der Waals surface area (Å²) in [5.41, 5.74) is 15.2. The van der Waals surface area contributed by atoms with Crippen molar-refractivity contribution in [3.05, 3.63) is 223 Å². The molecule has 322 valence electrons. The van der Waals surface area contributed by atoms with Crippen LogP contribution in [0.1, 0.15) is 0 Å². The van der Waals surface area contributed by atoms with Crippen molar-refractivity contribution in [2.24, 2.45) is 0 Å². The lowest BCUT2D eigenvalue weighted by Crippen LogP contribution is -2.30. The number of hydrogen-bond acceptors (Lipinski definition) is 4. The van der Waals surface area contributed by atoms with Gasteiger partial charge in [-0.3, -0.25) is 0 Å². The van der Waals surface area contributed by atoms with Gasteiger partial charge in [0.25, 0.3) is 0 Å². The quantitative estimate of drug-likeness (QED) is 0.169. The summed E-state index contributed by atoms with van der Waals surface area (Å²) in [5, 5.41) is 28.6. The van der Waals surface area contributed by atoms with Crippen molar-refractivity contribution in [3.63, 3.8) is 0 Å². The second kappa shape index (κ2) is 16.0. The van der Waals surface area contributed by atoms with Gasteiger partial charge in [0.15, 0.2) is 0 Å². The molecule has 0 bridgehead atoms. The van der Waals surface area contributed by atoms with E-state index in [1.54, 1.807) is 12.1 Å². The van der Waals surface area contributed by atoms with Crippen LogP contribution < -0.4 is 5.46 Å². The summed E-state index contributed by atoms with van der Waals surface area (Å²) in [7, 11) is -1.57. The van der Waals surface area contributed by atoms with Crippen molar-refractivity contribution in [2.45, 2.75) is 0 Å². The highest BCUT2D eigenvalue weighted by Gasteiger charge is 2.21. The highest BCUT2D eigenvalue weighted by molar-refractivity contribution is 9.10. The van der Waals surface area contributed by atoms with Crippen LogP contribution in [0.4, 0.5) is 0 Å². The molecule has 68 heavy (non-hydrogen) atoms. The molecule has 2 N–H and O–H groups in total. The SMILES string of the molecule is Brc1cccc2oc3ccc(-c4ccc5c(c4)c4ccccc4n5-c4ccccc4)cc3c12.OB(O)c1cccc2oc3ccc(-c4ccc5c(c4)c4ccccc4n5-c4ccccc4)cc3c12. The van der Waals surface area contributed by atoms with E-state index < -0.39 is 7.12 Å². The van der Waals surface area contributed by atoms with Crippen molar-refractivity contribution < 1.29 is 18.9 Å². The standard InChI is InChI=1S/C30H20BNO3.C30H18BrNO/c33-31(34)25-10-6-12-29-30(25)24-18-20(14-16-28(24)35-29)19-13-15-27-23(17-19)22-9-4-5-11-26(22)32(27)21-7-2-1-3-8-21;31-25-10-6-12-29-30(25)24-18-20(14-16-28(24)33-29)19-13-15-27-23(17-19)22-9-4-5-11-26(22)32(27)21-7-2-1-3-8-21/h1-18,33-34H;1-18H. The molecule has 0 radical (unpaired) electrons. The second-order valence-corrected chi connectivity index (χ2v) is 18.0. The minimum atomic E-state index is -1.57. The number of hydrogen-bond donors (Lipinski definition) is 2. The van der Waals surface area contributed by atoms with Crippen LogP contribution in [0.2, 0.25) is 0 Å². The average molecular weight is 942 g/mol. The molecule has 8 heteroatoms. The zero-order valence-electron chi connectivity index (χ0n) is 36.3. The van der Waals surface area contributed by atoms with Crippen LogP contribution in [-0.2, 0) is 0 Å². The van der Waals surface area contributed by atoms with Gasteiger partial charge in [-0.2, -0.15) is 0 Å². The molecule has 10 aromatic carbocycles. The van der Waals surface area contributed by atoms with Crippen LogP contribution in [0.15, 0.2) is 232 Å². The smallest absolute Gasteiger partial charge is 0.456 e. The van der Waals surface area contributed by atoms with E-state index >= 15 is 0 Å². The third-order valence-corrected chi connectivity index (χ3v) is 14.0. The van der Waals surface area contributed by atoms with Gasteiger partial charge in [0.2, 0.25) is 0 Å². The van der Waals surface area contributed by atoms with Gasteiger partial charge in [-0.25, -0.2) is 0 Å². The molecule has 6 nitrogen and oxygen atoms in total. The molecule has 0 atom stereocenters. The summed E-state index contributed by atoms with van der Waals surface area (Å²) in [5.74, 6) is 0. The van der Waals surface area contributed by atoms with Crippen molar-refractivity contribution in [1.82, 2.24) is 9.13 Å². The molecule has 0 spiro atoms. The monoisotopic (exact) mass is 940 g/mol. The molecule has 4 aromatic heterocycles. The number of para-hydroxylation sites is 4. The lowest BCUT2D eigenvalue weighted by atomic mass is 9.77. The Hall–Kier alpha value is -8.14. The minimum absolute atomic E-state index is 0.444. The number of furan rings is 2. The Balaban J connectivity index is 0.000000135. The first kappa shape index (κ1) is 40.2. The van der Waals surface area contributed by atoms with Gasteiger partial charge in [0.1, 0.15) is 22.3 Å². The Morgan fingerprint density at radius 3 is 1.26 bits per heavy atom. The van der Waals surface area contributed by atoms with Crippen LogP contribution in [-0.4, -0.2) is 26.3 Å². The highest BCUT2D eigenvalue weighted by Crippen LogP contribution is 2.40. The Labute approximate surface area is 398 Å². The van der Waals surface area contributed by atoms with E-state index in [4.69, 9.17) is 8.83 Å². The molecule has 4 heterocycles. The Kier molecular flexibility index (Phi) is 9.47. The lowest BCUT2D eigenvalue weighted by molar-refractivity contribution is 0.426. The maximum Gasteiger partial charge on any atom is 0.489 e. The summed E-state index contributed by atoms with van der Waals surface area (Å²) in [6.45, 7) is 0. The summed E-state index contributed by atoms with van der Waals surface area (Å²) < 4.78 is 17.8. The van der Waals surface area contributed by atoms with E-state index in [0.717, 1.165) is 65.1 Å². The van der Waals surface area contributed by atoms with Gasteiger partial charge in [0.05, 0.1) is 22.1 Å². The van der Waals surface area contributed by atoms with E-state index in [2.05, 4.69) is 201 Å². The number of fused-ring (bicyclic) bond motifs is 12. The molecule has 0 fully saturated rings. The Morgan fingerprint density at radius 1 is 0.338 bits per heavy atom. The van der Waals surface area contributed by atoms with Crippen LogP contribution in [0, 0.1) is 0 Å². The predicted octanol–water partition coefficient (Wildman–Crippen LogP) is 15.1. The number of halogens is 1. The molecule has 14 aromatic rings. The van der Waals surface area contributed by atoms with Gasteiger partial charge in [-0.05, 0) is 131 Å². The Morgan fingerprint density at radius 2 is 0.750 bits per heavy atom. The average Bonchev–Trinajstić information content (AvgIpc) is 4.14. The van der Waals surface area contributed by atoms with Gasteiger partial charge in [-0.15, -0.1) is 0 Å². The molecule has 0 aliphatic carbocycles. The fourth-order valence-corrected chi connectivity index (χ4v) is 10.8. The highest BCUT2D eigenvalue weighted by atomic mass is 79.9. The predicted molar refractivity (Wildman–Crippen MR) is 285 cm³/mol. The zero-order valence-corrected chi connectivity index (χ0v) is 37.9. The maximum atomic E-state index is 9.91. The van der Waals surface area contributed by atoms with E-state index in [-0.39, 0.29) is 0 Å². The van der Waals surface area contributed by atoms with E-state index in [1.165, 1.54) is 54.9 Å². The summed E-state index contributed by atoms with van der Waals surface area (Å²) >= 11 is 3.70. The molecule has 14 rings (SSSR count). The first-order valence-electron chi connectivity index (χ1n) is 22.6. The summed E-state index contributed by atoms with van der Waals surface area (Å²) in [4.78, 5) is 0. The molecule has 0 unspecified atom stereocenters. The van der Waals surface area contributed by atoms with Crippen LogP contribution in [0.5, 0.6) is 0 Å². The number of benzene rings is 10. The van der Waals surface area contributed by atoms with Crippen LogP contribution in [0.25, 0.3) is 121 Å². The van der Waals surface area contributed by atoms with Crippen molar-refractivity contribution in [1.29, 1.82) is 0 Å². The molecule has 0 aliphatic heterocycles. The van der Waals surface area contributed by atoms with E-state index in [1.807, 2.05) is 30.3 Å². The van der Waals surface area contributed by atoms with Gasteiger partial charge in [0, 0.05) is 58.9 Å². The maximum absolute atomic E-state index is 9.91. The molecule has 0 saturated heterocycles. The zero-order chi connectivity index (χ0) is 45.5. The molecule has 0 aliphatic rings. The third-order valence-electron chi connectivity index (χ3n) is 13.3. The molecule has 0 amide bonds. The summed E-state index contributed by atoms with van der Waals surface area (Å²) in [6, 6.07) is 75.4. The number of rotatable bonds is 5. The largest absolute Gasteiger partial charge is 0.489 e. The molecular formula is C60H38BBrN2O4. The normalized spacial score (nSPS) is 11.8. The van der Waals surface area contributed by atoms with Crippen molar-refractivity contribution in [3.8, 4) is 33.6 Å². The first-order valence-corrected chi connectivity index (χ1v) is 23.4. The third kappa shape index (κ3) is 6.48.